The Morgan fingerprint density at radius 2 is 1.41 bits per heavy atom. The van der Waals surface area contributed by atoms with Crippen molar-refractivity contribution in [1.82, 2.24) is 4.90 Å². The van der Waals surface area contributed by atoms with Crippen molar-refractivity contribution >= 4 is 10.1 Å². The maximum absolute atomic E-state index is 11.1. The van der Waals surface area contributed by atoms with E-state index in [1.807, 2.05) is 0 Å². The van der Waals surface area contributed by atoms with Gasteiger partial charge in [-0.3, -0.25) is 9.45 Å². The zero-order valence-corrected chi connectivity index (χ0v) is 19.9. The Bertz CT molecular complexity index is 590. The van der Waals surface area contributed by atoms with Crippen LogP contribution >= 0.6 is 0 Å². The number of rotatable bonds is 17. The Morgan fingerprint density at radius 3 is 1.91 bits per heavy atom. The van der Waals surface area contributed by atoms with Crippen molar-refractivity contribution in [1.29, 1.82) is 0 Å². The summed E-state index contributed by atoms with van der Waals surface area (Å²) in [5.41, 5.74) is 0. The third-order valence-electron chi connectivity index (χ3n) is 5.87. The van der Waals surface area contributed by atoms with Crippen LogP contribution in [0.2, 0.25) is 0 Å². The van der Waals surface area contributed by atoms with Gasteiger partial charge in [0.05, 0.1) is 12.7 Å². The van der Waals surface area contributed by atoms with E-state index in [1.54, 1.807) is 0 Å². The normalized spacial score (nSPS) is 27.7. The molecule has 32 heavy (non-hydrogen) atoms. The number of nitrogens with zero attached hydrogens (tertiary/aromatic N) is 1. The Kier molecular flexibility index (Phi) is 14.4. The Hall–Kier alpha value is -0.370. The molecule has 1 aliphatic rings. The van der Waals surface area contributed by atoms with Gasteiger partial charge in [-0.1, -0.05) is 64.7 Å². The number of ether oxygens (including phenoxy) is 1. The number of aliphatic hydroxyl groups excluding tert-OH is 5. The molecular formula is C21H43NO9S. The van der Waals surface area contributed by atoms with Crippen molar-refractivity contribution in [2.24, 2.45) is 0 Å². The van der Waals surface area contributed by atoms with Crippen molar-refractivity contribution in [3.8, 4) is 0 Å². The lowest BCUT2D eigenvalue weighted by Crippen LogP contribution is -2.64. The van der Waals surface area contributed by atoms with Gasteiger partial charge in [-0.2, -0.15) is 8.42 Å². The van der Waals surface area contributed by atoms with E-state index in [0.717, 1.165) is 19.3 Å². The second-order valence-corrected chi connectivity index (χ2v) is 10.3. The van der Waals surface area contributed by atoms with Crippen LogP contribution in [0.25, 0.3) is 0 Å². The number of hydrogen-bond acceptors (Lipinski definition) is 9. The van der Waals surface area contributed by atoms with Crippen LogP contribution in [0.3, 0.4) is 0 Å². The third kappa shape index (κ3) is 11.2. The van der Waals surface area contributed by atoms with Gasteiger partial charge in [-0.05, 0) is 6.42 Å². The van der Waals surface area contributed by atoms with Crippen molar-refractivity contribution in [2.45, 2.75) is 108 Å². The van der Waals surface area contributed by atoms with E-state index < -0.39 is 59.2 Å². The SMILES string of the molecule is CCCCCCCCCCCCN(CC(O)CS(=O)(=O)O)C1OC(CO)C(O)C(O)C1O. The fraction of sp³-hybridized carbons (Fsp3) is 1.00. The van der Waals surface area contributed by atoms with E-state index in [-0.39, 0.29) is 6.54 Å². The number of aliphatic hydroxyl groups is 5. The highest BCUT2D eigenvalue weighted by molar-refractivity contribution is 7.85. The van der Waals surface area contributed by atoms with Gasteiger partial charge in [0.15, 0.2) is 0 Å². The van der Waals surface area contributed by atoms with Crippen molar-refractivity contribution < 1.29 is 43.2 Å². The molecule has 6 unspecified atom stereocenters. The predicted molar refractivity (Wildman–Crippen MR) is 120 cm³/mol. The minimum absolute atomic E-state index is 0.236. The van der Waals surface area contributed by atoms with E-state index in [9.17, 15) is 34.0 Å². The first kappa shape index (κ1) is 29.7. The monoisotopic (exact) mass is 485 g/mol. The number of unbranched alkanes of at least 4 members (excludes halogenated alkanes) is 9. The molecule has 0 aliphatic carbocycles. The van der Waals surface area contributed by atoms with E-state index in [1.165, 1.54) is 43.4 Å². The summed E-state index contributed by atoms with van der Waals surface area (Å²) in [6, 6.07) is 0. The average Bonchev–Trinajstić information content (AvgIpc) is 2.71. The van der Waals surface area contributed by atoms with Crippen molar-refractivity contribution in [3.63, 3.8) is 0 Å². The second-order valence-electron chi connectivity index (χ2n) is 8.80. The molecule has 1 saturated heterocycles. The van der Waals surface area contributed by atoms with Crippen LogP contribution in [0.1, 0.15) is 71.1 Å². The zero-order chi connectivity index (χ0) is 24.1. The summed E-state index contributed by atoms with van der Waals surface area (Å²) >= 11 is 0. The molecule has 0 radical (unpaired) electrons. The Balaban J connectivity index is 2.59. The van der Waals surface area contributed by atoms with Crippen LogP contribution in [-0.4, -0.2) is 106 Å². The second kappa shape index (κ2) is 15.5. The third-order valence-corrected chi connectivity index (χ3v) is 6.68. The topological polar surface area (TPSA) is 168 Å². The van der Waals surface area contributed by atoms with Gasteiger partial charge in [-0.15, -0.1) is 0 Å². The summed E-state index contributed by atoms with van der Waals surface area (Å²) in [7, 11) is -4.40. The molecule has 11 heteroatoms. The molecule has 192 valence electrons. The van der Waals surface area contributed by atoms with Crippen LogP contribution in [0.15, 0.2) is 0 Å². The minimum Gasteiger partial charge on any atom is -0.394 e. The highest BCUT2D eigenvalue weighted by Gasteiger charge is 2.45. The molecule has 0 bridgehead atoms. The maximum Gasteiger partial charge on any atom is 0.267 e. The molecule has 10 nitrogen and oxygen atoms in total. The molecule has 1 aliphatic heterocycles. The van der Waals surface area contributed by atoms with Gasteiger partial charge >= 0.3 is 0 Å². The highest BCUT2D eigenvalue weighted by Crippen LogP contribution is 2.24. The molecule has 0 spiro atoms. The Morgan fingerprint density at radius 1 is 0.875 bits per heavy atom. The summed E-state index contributed by atoms with van der Waals surface area (Å²) in [4.78, 5) is 1.49. The molecule has 1 fully saturated rings. The lowest BCUT2D eigenvalue weighted by Gasteiger charge is -2.45. The van der Waals surface area contributed by atoms with Gasteiger partial charge in [0.1, 0.15) is 36.4 Å². The lowest BCUT2D eigenvalue weighted by molar-refractivity contribution is -0.267. The first-order chi connectivity index (χ1) is 15.1. The van der Waals surface area contributed by atoms with Crippen LogP contribution in [-0.2, 0) is 14.9 Å². The van der Waals surface area contributed by atoms with Gasteiger partial charge < -0.3 is 30.3 Å². The van der Waals surface area contributed by atoms with Crippen LogP contribution < -0.4 is 0 Å². The first-order valence-electron chi connectivity index (χ1n) is 11.8. The highest BCUT2D eigenvalue weighted by atomic mass is 32.2. The largest absolute Gasteiger partial charge is 0.394 e. The summed E-state index contributed by atoms with van der Waals surface area (Å²) in [6.45, 7) is 1.71. The maximum atomic E-state index is 11.1. The van der Waals surface area contributed by atoms with Crippen LogP contribution in [0.5, 0.6) is 0 Å². The molecule has 1 rings (SSSR count). The lowest BCUT2D eigenvalue weighted by atomic mass is 9.97. The van der Waals surface area contributed by atoms with Crippen LogP contribution in [0, 0.1) is 0 Å². The fourth-order valence-corrected chi connectivity index (χ4v) is 4.67. The van der Waals surface area contributed by atoms with E-state index in [0.29, 0.717) is 13.0 Å². The van der Waals surface area contributed by atoms with Gasteiger partial charge in [0.2, 0.25) is 0 Å². The molecule has 0 aromatic heterocycles. The minimum atomic E-state index is -4.40. The Labute approximate surface area is 192 Å². The molecule has 0 aromatic carbocycles. The molecule has 0 amide bonds. The molecule has 6 atom stereocenters. The van der Waals surface area contributed by atoms with E-state index in [4.69, 9.17) is 9.29 Å². The molecule has 0 saturated carbocycles. The summed E-state index contributed by atoms with van der Waals surface area (Å²) in [5.74, 6) is -0.876. The predicted octanol–water partition coefficient (Wildman–Crippen LogP) is 0.258. The van der Waals surface area contributed by atoms with Gasteiger partial charge in [0.25, 0.3) is 10.1 Å². The van der Waals surface area contributed by atoms with Gasteiger partial charge in [0, 0.05) is 13.1 Å². The standard InChI is InChI=1S/C21H43NO9S/c1-2-3-4-5-6-7-8-9-10-11-12-22(13-16(24)15-32(28,29)30)21-20(27)19(26)18(25)17(14-23)31-21/h16-21,23-27H,2-15H2,1H3,(H,28,29,30). The van der Waals surface area contributed by atoms with E-state index in [2.05, 4.69) is 6.92 Å². The quantitative estimate of drug-likeness (QED) is 0.124. The summed E-state index contributed by atoms with van der Waals surface area (Å²) < 4.78 is 36.7. The van der Waals surface area contributed by atoms with Crippen molar-refractivity contribution in [3.05, 3.63) is 0 Å². The first-order valence-corrected chi connectivity index (χ1v) is 13.4. The summed E-state index contributed by atoms with van der Waals surface area (Å²) in [6.07, 6.45) is 2.82. The molecule has 0 aromatic rings. The summed E-state index contributed by atoms with van der Waals surface area (Å²) in [5, 5.41) is 49.9. The molecule has 1 heterocycles. The molecular weight excluding hydrogens is 442 g/mol. The van der Waals surface area contributed by atoms with Crippen molar-refractivity contribution in [2.75, 3.05) is 25.4 Å². The number of hydrogen-bond donors (Lipinski definition) is 6. The van der Waals surface area contributed by atoms with E-state index >= 15 is 0 Å². The average molecular weight is 486 g/mol. The smallest absolute Gasteiger partial charge is 0.267 e. The fourth-order valence-electron chi connectivity index (χ4n) is 4.08. The van der Waals surface area contributed by atoms with Gasteiger partial charge in [-0.25, -0.2) is 0 Å². The molecule has 6 N–H and O–H groups in total. The zero-order valence-electron chi connectivity index (χ0n) is 19.1. The van der Waals surface area contributed by atoms with Crippen LogP contribution in [0.4, 0.5) is 0 Å².